The first kappa shape index (κ1) is 29.6. The fourth-order valence-corrected chi connectivity index (χ4v) is 6.12. The Morgan fingerprint density at radius 2 is 1.32 bits per heavy atom. The maximum Gasteiger partial charge on any atom is 0.150 e. The summed E-state index contributed by atoms with van der Waals surface area (Å²) in [7, 11) is 0. The topological polar surface area (TPSA) is 63.5 Å². The van der Waals surface area contributed by atoms with Gasteiger partial charge in [-0.25, -0.2) is 0 Å². The molecular formula is C43H35N3O. The van der Waals surface area contributed by atoms with E-state index in [0.29, 0.717) is 5.84 Å². The number of amidine groups is 1. The van der Waals surface area contributed by atoms with Crippen LogP contribution in [0.4, 0.5) is 0 Å². The molecule has 0 saturated heterocycles. The van der Waals surface area contributed by atoms with E-state index < -0.39 is 0 Å². The number of nitrogens with zero attached hydrogens (tertiary/aromatic N) is 1. The Morgan fingerprint density at radius 1 is 0.681 bits per heavy atom. The van der Waals surface area contributed by atoms with Crippen LogP contribution in [0.1, 0.15) is 40.8 Å². The van der Waals surface area contributed by atoms with Crippen LogP contribution in [-0.4, -0.2) is 5.84 Å². The van der Waals surface area contributed by atoms with Gasteiger partial charge in [0, 0.05) is 21.9 Å². The quantitative estimate of drug-likeness (QED) is 0.0741. The van der Waals surface area contributed by atoms with Gasteiger partial charge in [-0.15, -0.1) is 0 Å². The van der Waals surface area contributed by atoms with Gasteiger partial charge in [0.2, 0.25) is 0 Å². The molecule has 0 radical (unpaired) electrons. The molecule has 47 heavy (non-hydrogen) atoms. The van der Waals surface area contributed by atoms with Crippen LogP contribution in [0, 0.1) is 0 Å². The number of furan rings is 1. The van der Waals surface area contributed by atoms with Gasteiger partial charge >= 0.3 is 0 Å². The van der Waals surface area contributed by atoms with Crippen LogP contribution in [0.25, 0.3) is 38.6 Å². The summed E-state index contributed by atoms with van der Waals surface area (Å²) in [6.45, 7) is 2.02. The van der Waals surface area contributed by atoms with Gasteiger partial charge in [-0.05, 0) is 46.4 Å². The summed E-state index contributed by atoms with van der Waals surface area (Å²) in [4.78, 5) is 0. The molecule has 0 spiro atoms. The van der Waals surface area contributed by atoms with Crippen molar-refractivity contribution < 1.29 is 4.42 Å². The summed E-state index contributed by atoms with van der Waals surface area (Å²) in [6.07, 6.45) is 6.23. The molecule has 1 unspecified atom stereocenters. The molecule has 228 valence electrons. The second-order valence-electron chi connectivity index (χ2n) is 11.4. The minimum atomic E-state index is -0.271. The molecule has 1 atom stereocenters. The monoisotopic (exact) mass is 609 g/mol. The Kier molecular flexibility index (Phi) is 8.48. The van der Waals surface area contributed by atoms with Crippen molar-refractivity contribution in [2.24, 2.45) is 10.8 Å². The molecule has 6 aromatic carbocycles. The summed E-state index contributed by atoms with van der Waals surface area (Å²) in [5, 5.41) is 6.87. The third-order valence-corrected chi connectivity index (χ3v) is 8.43. The average molecular weight is 610 g/mol. The lowest BCUT2D eigenvalue weighted by Crippen LogP contribution is -2.23. The highest BCUT2D eigenvalue weighted by molar-refractivity contribution is 6.11. The molecule has 0 saturated carbocycles. The second kappa shape index (κ2) is 13.5. The van der Waals surface area contributed by atoms with E-state index in [1.54, 1.807) is 0 Å². The van der Waals surface area contributed by atoms with E-state index in [-0.39, 0.29) is 6.04 Å². The van der Waals surface area contributed by atoms with Crippen molar-refractivity contribution in [3.8, 4) is 11.1 Å². The number of nitrogens with one attached hydrogen (secondary N) is 1. The minimum Gasteiger partial charge on any atom is -0.455 e. The summed E-state index contributed by atoms with van der Waals surface area (Å²) in [5.74, 6) is 0.409. The van der Waals surface area contributed by atoms with Crippen molar-refractivity contribution in [3.05, 3.63) is 198 Å². The first-order chi connectivity index (χ1) is 23.2. The van der Waals surface area contributed by atoms with E-state index in [2.05, 4.69) is 115 Å². The molecular weight excluding hydrogens is 574 g/mol. The molecule has 7 rings (SSSR count). The van der Waals surface area contributed by atoms with Gasteiger partial charge in [0.1, 0.15) is 11.2 Å². The summed E-state index contributed by atoms with van der Waals surface area (Å²) in [5.41, 5.74) is 20.3. The van der Waals surface area contributed by atoms with Crippen LogP contribution in [0.3, 0.4) is 0 Å². The van der Waals surface area contributed by atoms with Crippen molar-refractivity contribution in [1.82, 2.24) is 5.43 Å². The number of para-hydroxylation sites is 1. The zero-order chi connectivity index (χ0) is 32.0. The standard InChI is InChI=1S/C43H35N3O/c1-2-3-21-35(30-15-7-4-8-16-30)32-26-28-34(29-27-32)43(44)46-45-41(33-19-11-6-12-20-33)37-23-14-25-39-40(37)38-24-13-22-36(42(38)47-39)31-17-9-5-10-18-31/h2-29,41,45H,1H3,(H2,44,46)/b3-2-,35-21+. The molecule has 0 bridgehead atoms. The Morgan fingerprint density at radius 3 is 2.04 bits per heavy atom. The maximum absolute atomic E-state index is 6.63. The highest BCUT2D eigenvalue weighted by atomic mass is 16.3. The Hall–Kier alpha value is -6.13. The highest BCUT2D eigenvalue weighted by Crippen LogP contribution is 2.40. The van der Waals surface area contributed by atoms with E-state index in [4.69, 9.17) is 15.3 Å². The SMILES string of the molecule is C/C=C\C=C(/c1ccccc1)c1ccc(C(N)=NNC(c2ccccc2)c2cccc3oc4c(-c5ccccc5)cccc4c23)cc1. The van der Waals surface area contributed by atoms with Gasteiger partial charge in [-0.3, -0.25) is 5.43 Å². The molecule has 3 N–H and O–H groups in total. The van der Waals surface area contributed by atoms with Gasteiger partial charge < -0.3 is 10.2 Å². The predicted octanol–water partition coefficient (Wildman–Crippen LogP) is 10.3. The van der Waals surface area contributed by atoms with Gasteiger partial charge in [0.25, 0.3) is 0 Å². The minimum absolute atomic E-state index is 0.271. The maximum atomic E-state index is 6.63. The third kappa shape index (κ3) is 6.09. The van der Waals surface area contributed by atoms with Crippen LogP contribution in [0.5, 0.6) is 0 Å². The number of hydrogen-bond acceptors (Lipinski definition) is 3. The zero-order valence-corrected chi connectivity index (χ0v) is 26.2. The number of nitrogens with two attached hydrogens (primary N) is 1. The van der Waals surface area contributed by atoms with Gasteiger partial charge in [-0.1, -0.05) is 164 Å². The number of hydrogen-bond donors (Lipinski definition) is 2. The number of benzene rings is 6. The average Bonchev–Trinajstić information content (AvgIpc) is 3.53. The van der Waals surface area contributed by atoms with Crippen LogP contribution in [-0.2, 0) is 0 Å². The predicted molar refractivity (Wildman–Crippen MR) is 196 cm³/mol. The molecule has 1 heterocycles. The number of fused-ring (bicyclic) bond motifs is 3. The van der Waals surface area contributed by atoms with Crippen molar-refractivity contribution >= 4 is 33.3 Å². The van der Waals surface area contributed by atoms with Crippen LogP contribution in [0.2, 0.25) is 0 Å². The normalized spacial score (nSPS) is 13.0. The van der Waals surface area contributed by atoms with Crippen molar-refractivity contribution in [1.29, 1.82) is 0 Å². The smallest absolute Gasteiger partial charge is 0.150 e. The molecule has 7 aromatic rings. The number of allylic oxidation sites excluding steroid dienone is 3. The first-order valence-corrected chi connectivity index (χ1v) is 15.8. The van der Waals surface area contributed by atoms with Gasteiger partial charge in [0.15, 0.2) is 5.84 Å². The Labute approximate surface area is 275 Å². The highest BCUT2D eigenvalue weighted by Gasteiger charge is 2.21. The van der Waals surface area contributed by atoms with E-state index in [1.165, 1.54) is 0 Å². The van der Waals surface area contributed by atoms with E-state index in [1.807, 2.05) is 67.6 Å². The lowest BCUT2D eigenvalue weighted by atomic mass is 9.94. The van der Waals surface area contributed by atoms with Crippen LogP contribution < -0.4 is 11.2 Å². The number of rotatable bonds is 9. The summed E-state index contributed by atoms with van der Waals surface area (Å²) in [6, 6.07) is 51.6. The van der Waals surface area contributed by atoms with E-state index >= 15 is 0 Å². The van der Waals surface area contributed by atoms with E-state index in [9.17, 15) is 0 Å². The lowest BCUT2D eigenvalue weighted by molar-refractivity contribution is 0.640. The molecule has 0 fully saturated rings. The molecule has 4 heteroatoms. The molecule has 1 aromatic heterocycles. The molecule has 0 aliphatic rings. The fourth-order valence-electron chi connectivity index (χ4n) is 6.12. The molecule has 0 amide bonds. The lowest BCUT2D eigenvalue weighted by Gasteiger charge is -2.19. The zero-order valence-electron chi connectivity index (χ0n) is 26.2. The van der Waals surface area contributed by atoms with Crippen LogP contribution >= 0.6 is 0 Å². The number of hydrazone groups is 1. The van der Waals surface area contributed by atoms with E-state index in [0.717, 1.165) is 66.5 Å². The molecule has 0 aliphatic carbocycles. The first-order valence-electron chi connectivity index (χ1n) is 15.8. The van der Waals surface area contributed by atoms with Gasteiger partial charge in [0.05, 0.1) is 6.04 Å². The fraction of sp³-hybridized carbons (Fsp3) is 0.0465. The second-order valence-corrected chi connectivity index (χ2v) is 11.4. The van der Waals surface area contributed by atoms with Gasteiger partial charge in [-0.2, -0.15) is 5.10 Å². The molecule has 0 aliphatic heterocycles. The van der Waals surface area contributed by atoms with Crippen molar-refractivity contribution in [2.45, 2.75) is 13.0 Å². The van der Waals surface area contributed by atoms with Crippen molar-refractivity contribution in [3.63, 3.8) is 0 Å². The largest absolute Gasteiger partial charge is 0.455 e. The molecule has 4 nitrogen and oxygen atoms in total. The Bertz CT molecular complexity index is 2210. The summed E-state index contributed by atoms with van der Waals surface area (Å²) < 4.78 is 6.55. The third-order valence-electron chi connectivity index (χ3n) is 8.43. The van der Waals surface area contributed by atoms with Crippen molar-refractivity contribution in [2.75, 3.05) is 0 Å². The Balaban J connectivity index is 1.26. The summed E-state index contributed by atoms with van der Waals surface area (Å²) >= 11 is 0. The van der Waals surface area contributed by atoms with Crippen LogP contribution in [0.15, 0.2) is 179 Å².